The lowest BCUT2D eigenvalue weighted by Crippen LogP contribution is -2.26. The van der Waals surface area contributed by atoms with E-state index in [9.17, 15) is 4.79 Å². The van der Waals surface area contributed by atoms with E-state index < -0.39 is 0 Å². The van der Waals surface area contributed by atoms with E-state index in [2.05, 4.69) is 48.9 Å². The first-order valence-electron chi connectivity index (χ1n) is 8.31. The third kappa shape index (κ3) is 2.63. The number of allylic oxidation sites excluding steroid dienone is 6. The fourth-order valence-corrected chi connectivity index (χ4v) is 3.76. The van der Waals surface area contributed by atoms with E-state index in [4.69, 9.17) is 0 Å². The Morgan fingerprint density at radius 3 is 2.95 bits per heavy atom. The molecule has 22 heavy (non-hydrogen) atoms. The van der Waals surface area contributed by atoms with Gasteiger partial charge in [-0.3, -0.25) is 0 Å². The van der Waals surface area contributed by atoms with Gasteiger partial charge >= 0.3 is 0 Å². The summed E-state index contributed by atoms with van der Waals surface area (Å²) in [5, 5.41) is 0. The van der Waals surface area contributed by atoms with E-state index in [1.807, 2.05) is 12.2 Å². The van der Waals surface area contributed by atoms with Gasteiger partial charge in [0.2, 0.25) is 0 Å². The second kappa shape index (κ2) is 6.12. The van der Waals surface area contributed by atoms with Crippen LogP contribution in [-0.2, 0) is 4.79 Å². The molecule has 0 saturated carbocycles. The average molecular weight is 295 g/mol. The maximum Gasteiger partial charge on any atom is 0.127 e. The first-order valence-corrected chi connectivity index (χ1v) is 8.31. The van der Waals surface area contributed by atoms with Gasteiger partial charge < -0.3 is 9.69 Å². The molecular formula is C20H25NO. The number of carbonyl (C=O) groups excluding carboxylic acids is 1. The third-order valence-corrected chi connectivity index (χ3v) is 5.57. The molecule has 1 aliphatic heterocycles. The molecule has 3 atom stereocenters. The van der Waals surface area contributed by atoms with Crippen molar-refractivity contribution in [2.75, 3.05) is 6.54 Å². The van der Waals surface area contributed by atoms with Crippen molar-refractivity contribution in [3.05, 3.63) is 60.5 Å². The van der Waals surface area contributed by atoms with E-state index in [0.29, 0.717) is 5.41 Å². The van der Waals surface area contributed by atoms with E-state index >= 15 is 0 Å². The Bertz CT molecular complexity index is 581. The van der Waals surface area contributed by atoms with Crippen molar-refractivity contribution in [2.24, 2.45) is 17.3 Å². The van der Waals surface area contributed by atoms with Crippen molar-refractivity contribution in [3.8, 4) is 0 Å². The Morgan fingerprint density at radius 2 is 2.32 bits per heavy atom. The highest BCUT2D eigenvalue weighted by Crippen LogP contribution is 2.41. The Labute approximate surface area is 133 Å². The quantitative estimate of drug-likeness (QED) is 0.553. The van der Waals surface area contributed by atoms with Crippen molar-refractivity contribution in [1.29, 1.82) is 0 Å². The normalized spacial score (nSPS) is 33.2. The third-order valence-electron chi connectivity index (χ3n) is 5.57. The molecule has 0 aromatic heterocycles. The molecule has 0 saturated heterocycles. The Kier molecular flexibility index (Phi) is 4.19. The summed E-state index contributed by atoms with van der Waals surface area (Å²) < 4.78 is 0. The highest BCUT2D eigenvalue weighted by atomic mass is 16.1. The minimum atomic E-state index is -0.00454. The fourth-order valence-electron chi connectivity index (χ4n) is 3.76. The van der Waals surface area contributed by atoms with Crippen molar-refractivity contribution in [2.45, 2.75) is 32.6 Å². The van der Waals surface area contributed by atoms with Crippen molar-refractivity contribution in [3.63, 3.8) is 0 Å². The smallest absolute Gasteiger partial charge is 0.127 e. The minimum absolute atomic E-state index is 0.00454. The molecule has 0 radical (unpaired) electrons. The van der Waals surface area contributed by atoms with Crippen LogP contribution in [-0.4, -0.2) is 17.7 Å². The summed E-state index contributed by atoms with van der Waals surface area (Å²) in [5.74, 6) is 0.227. The number of rotatable bonds is 5. The lowest BCUT2D eigenvalue weighted by atomic mass is 9.73. The van der Waals surface area contributed by atoms with Crippen LogP contribution in [0.3, 0.4) is 0 Å². The first kappa shape index (κ1) is 15.1. The van der Waals surface area contributed by atoms with Crippen LogP contribution >= 0.6 is 0 Å². The summed E-state index contributed by atoms with van der Waals surface area (Å²) in [6, 6.07) is 0. The molecule has 0 aromatic carbocycles. The minimum Gasteiger partial charge on any atom is -0.347 e. The predicted octanol–water partition coefficient (Wildman–Crippen LogP) is 4.39. The SMILES string of the molecule is C=CC1(CC)CC=C(CN2C=CC3C2=CC=CC3C=O)CC1. The summed E-state index contributed by atoms with van der Waals surface area (Å²) in [6.45, 7) is 7.24. The lowest BCUT2D eigenvalue weighted by molar-refractivity contribution is -0.110. The largest absolute Gasteiger partial charge is 0.347 e. The van der Waals surface area contributed by atoms with Crippen LogP contribution in [0.1, 0.15) is 32.6 Å². The van der Waals surface area contributed by atoms with Crippen LogP contribution < -0.4 is 0 Å². The van der Waals surface area contributed by atoms with Gasteiger partial charge in [0.05, 0.1) is 0 Å². The molecule has 1 heterocycles. The molecule has 0 fully saturated rings. The van der Waals surface area contributed by atoms with Crippen molar-refractivity contribution in [1.82, 2.24) is 4.90 Å². The zero-order valence-corrected chi connectivity index (χ0v) is 13.4. The van der Waals surface area contributed by atoms with E-state index in [1.54, 1.807) is 0 Å². The van der Waals surface area contributed by atoms with Gasteiger partial charge in [0.15, 0.2) is 0 Å². The molecule has 3 unspecified atom stereocenters. The second-order valence-electron chi connectivity index (χ2n) is 6.67. The molecule has 2 nitrogen and oxygen atoms in total. The van der Waals surface area contributed by atoms with Crippen LogP contribution in [0, 0.1) is 17.3 Å². The van der Waals surface area contributed by atoms with Crippen LogP contribution in [0.15, 0.2) is 60.5 Å². The zero-order chi connectivity index (χ0) is 15.6. The summed E-state index contributed by atoms with van der Waals surface area (Å²) in [4.78, 5) is 13.5. The maximum absolute atomic E-state index is 11.2. The summed E-state index contributed by atoms with van der Waals surface area (Å²) in [6.07, 6.45) is 20.7. The molecule has 0 N–H and O–H groups in total. The van der Waals surface area contributed by atoms with E-state index in [1.165, 1.54) is 24.1 Å². The number of aldehydes is 1. The van der Waals surface area contributed by atoms with Gasteiger partial charge in [0.25, 0.3) is 0 Å². The topological polar surface area (TPSA) is 20.3 Å². The van der Waals surface area contributed by atoms with Gasteiger partial charge in [-0.2, -0.15) is 0 Å². The zero-order valence-electron chi connectivity index (χ0n) is 13.4. The van der Waals surface area contributed by atoms with Crippen LogP contribution in [0.4, 0.5) is 0 Å². The Morgan fingerprint density at radius 1 is 1.45 bits per heavy atom. The number of carbonyl (C=O) groups is 1. The van der Waals surface area contributed by atoms with Crippen molar-refractivity contribution >= 4 is 6.29 Å². The first-order chi connectivity index (χ1) is 10.7. The van der Waals surface area contributed by atoms with Crippen LogP contribution in [0.25, 0.3) is 0 Å². The van der Waals surface area contributed by atoms with Gasteiger partial charge in [0, 0.05) is 30.3 Å². The second-order valence-corrected chi connectivity index (χ2v) is 6.67. The highest BCUT2D eigenvalue weighted by Gasteiger charge is 2.32. The van der Waals surface area contributed by atoms with Crippen LogP contribution in [0.2, 0.25) is 0 Å². The summed E-state index contributed by atoms with van der Waals surface area (Å²) in [7, 11) is 0. The molecular weight excluding hydrogens is 270 g/mol. The molecule has 2 aliphatic carbocycles. The van der Waals surface area contributed by atoms with Gasteiger partial charge in [-0.25, -0.2) is 0 Å². The van der Waals surface area contributed by atoms with E-state index in [-0.39, 0.29) is 11.8 Å². The van der Waals surface area contributed by atoms with Gasteiger partial charge in [0.1, 0.15) is 6.29 Å². The van der Waals surface area contributed by atoms with Gasteiger partial charge in [-0.1, -0.05) is 42.9 Å². The van der Waals surface area contributed by atoms with Gasteiger partial charge in [-0.05, 0) is 37.2 Å². The maximum atomic E-state index is 11.2. The number of hydrogen-bond donors (Lipinski definition) is 0. The Balaban J connectivity index is 1.68. The molecule has 2 heteroatoms. The molecule has 0 bridgehead atoms. The average Bonchev–Trinajstić information content (AvgIpc) is 2.99. The van der Waals surface area contributed by atoms with Gasteiger partial charge in [-0.15, -0.1) is 6.58 Å². The van der Waals surface area contributed by atoms with Crippen LogP contribution in [0.5, 0.6) is 0 Å². The van der Waals surface area contributed by atoms with E-state index in [0.717, 1.165) is 25.7 Å². The molecule has 3 aliphatic rings. The molecule has 0 aromatic rings. The number of fused-ring (bicyclic) bond motifs is 1. The summed E-state index contributed by atoms with van der Waals surface area (Å²) in [5.41, 5.74) is 3.08. The molecule has 116 valence electrons. The molecule has 0 amide bonds. The summed E-state index contributed by atoms with van der Waals surface area (Å²) >= 11 is 0. The number of nitrogens with zero attached hydrogens (tertiary/aromatic N) is 1. The fraction of sp³-hybridized carbons (Fsp3) is 0.450. The molecule has 0 spiro atoms. The highest BCUT2D eigenvalue weighted by molar-refractivity contribution is 5.61. The standard InChI is InChI=1S/C20H25NO/c1-3-20(4-2)11-8-16(9-12-20)14-21-13-10-18-17(15-22)6-5-7-19(18)21/h3,5-8,10,13,15,17-18H,1,4,9,11-12,14H2,2H3. The predicted molar refractivity (Wildman–Crippen MR) is 91.0 cm³/mol. The molecule has 3 rings (SSSR count). The van der Waals surface area contributed by atoms with Crippen molar-refractivity contribution < 1.29 is 4.79 Å². The monoisotopic (exact) mass is 295 g/mol. The lowest BCUT2D eigenvalue weighted by Gasteiger charge is -2.34. The number of hydrogen-bond acceptors (Lipinski definition) is 2. The Hall–Kier alpha value is -1.83.